The van der Waals surface area contributed by atoms with E-state index in [1.165, 1.54) is 35.3 Å². The zero-order chi connectivity index (χ0) is 19.4. The topological polar surface area (TPSA) is 66.2 Å². The van der Waals surface area contributed by atoms with Gasteiger partial charge in [-0.05, 0) is 42.3 Å². The first-order chi connectivity index (χ1) is 12.9. The minimum Gasteiger partial charge on any atom is -0.460 e. The van der Waals surface area contributed by atoms with Crippen LogP contribution >= 0.6 is 0 Å². The van der Waals surface area contributed by atoms with Crippen LogP contribution in [0.3, 0.4) is 0 Å². The van der Waals surface area contributed by atoms with Crippen molar-refractivity contribution in [2.45, 2.75) is 13.3 Å². The van der Waals surface area contributed by atoms with E-state index in [-0.39, 0.29) is 18.2 Å². The normalized spacial score (nSPS) is 11.3. The Hall–Kier alpha value is -3.36. The fraction of sp³-hybridized carbons (Fsp3) is 0.167. The number of benzene rings is 2. The Morgan fingerprint density at radius 3 is 2.52 bits per heavy atom. The number of carbonyl (C=O) groups excluding carboxylic acids is 1. The van der Waals surface area contributed by atoms with Gasteiger partial charge in [0.05, 0.1) is 12.3 Å². The van der Waals surface area contributed by atoms with E-state index >= 15 is 0 Å². The Morgan fingerprint density at radius 2 is 1.85 bits per heavy atom. The van der Waals surface area contributed by atoms with Crippen molar-refractivity contribution < 1.29 is 27.4 Å². The van der Waals surface area contributed by atoms with Gasteiger partial charge in [-0.15, -0.1) is 13.2 Å². The van der Waals surface area contributed by atoms with Gasteiger partial charge in [0.1, 0.15) is 12.1 Å². The molecule has 27 heavy (non-hydrogen) atoms. The monoisotopic (exact) mass is 377 g/mol. The average Bonchev–Trinajstić information content (AvgIpc) is 3.11. The molecule has 6 nitrogen and oxygen atoms in total. The van der Waals surface area contributed by atoms with E-state index in [2.05, 4.69) is 14.8 Å². The first-order valence-corrected chi connectivity index (χ1v) is 7.91. The number of halogens is 3. The van der Waals surface area contributed by atoms with E-state index in [1.807, 2.05) is 0 Å². The highest BCUT2D eigenvalue weighted by Crippen LogP contribution is 2.27. The smallest absolute Gasteiger partial charge is 0.460 e. The van der Waals surface area contributed by atoms with Crippen LogP contribution < -0.4 is 4.74 Å². The first kappa shape index (κ1) is 18.4. The highest BCUT2D eigenvalue weighted by Gasteiger charge is 2.31. The summed E-state index contributed by atoms with van der Waals surface area (Å²) < 4.78 is 46.9. The van der Waals surface area contributed by atoms with E-state index in [0.717, 1.165) is 5.56 Å². The zero-order valence-electron chi connectivity index (χ0n) is 14.1. The van der Waals surface area contributed by atoms with Crippen LogP contribution in [0.2, 0.25) is 0 Å². The molecule has 0 amide bonds. The van der Waals surface area contributed by atoms with Gasteiger partial charge in [0.15, 0.2) is 0 Å². The van der Waals surface area contributed by atoms with Gasteiger partial charge in [0.25, 0.3) is 0 Å². The summed E-state index contributed by atoms with van der Waals surface area (Å²) in [5, 5.41) is 4.04. The number of hydrogen-bond donors (Lipinski definition) is 0. The van der Waals surface area contributed by atoms with Crippen LogP contribution in [0.1, 0.15) is 17.5 Å². The molecular formula is C18H14F3N3O3. The number of hydrogen-bond acceptors (Lipinski definition) is 5. The van der Waals surface area contributed by atoms with Gasteiger partial charge in [-0.2, -0.15) is 5.10 Å². The van der Waals surface area contributed by atoms with Crippen LogP contribution in [-0.2, 0) is 4.74 Å². The van der Waals surface area contributed by atoms with Crippen LogP contribution in [0.25, 0.3) is 16.8 Å². The minimum atomic E-state index is -4.74. The minimum absolute atomic E-state index is 0.0305. The van der Waals surface area contributed by atoms with Gasteiger partial charge in [0, 0.05) is 0 Å². The van der Waals surface area contributed by atoms with E-state index < -0.39 is 12.3 Å². The molecule has 1 heterocycles. The van der Waals surface area contributed by atoms with Crippen LogP contribution in [0.4, 0.5) is 13.2 Å². The van der Waals surface area contributed by atoms with Crippen molar-refractivity contribution in [3.8, 4) is 22.6 Å². The number of nitrogens with zero attached hydrogens (tertiary/aromatic N) is 3. The lowest BCUT2D eigenvalue weighted by Gasteiger charge is -2.10. The van der Waals surface area contributed by atoms with Crippen LogP contribution in [0.15, 0.2) is 54.9 Å². The Balaban J connectivity index is 1.89. The molecule has 140 valence electrons. The van der Waals surface area contributed by atoms with Gasteiger partial charge in [0.2, 0.25) is 5.82 Å². The Morgan fingerprint density at radius 1 is 1.11 bits per heavy atom. The Bertz CT molecular complexity index is 937. The maximum absolute atomic E-state index is 12.3. The summed E-state index contributed by atoms with van der Waals surface area (Å²) in [7, 11) is 0. The number of aromatic nitrogens is 3. The SMILES string of the molecule is CCOC(=O)c1ncnn1-c1cccc(-c2ccc(OC(F)(F)F)cc2)c1. The average molecular weight is 377 g/mol. The maximum atomic E-state index is 12.3. The molecule has 9 heteroatoms. The number of rotatable bonds is 5. The van der Waals surface area contributed by atoms with Crippen LogP contribution in [0, 0.1) is 0 Å². The third-order valence-corrected chi connectivity index (χ3v) is 3.52. The van der Waals surface area contributed by atoms with Gasteiger partial charge in [-0.25, -0.2) is 14.5 Å². The summed E-state index contributed by atoms with van der Waals surface area (Å²) in [4.78, 5) is 15.9. The predicted octanol–water partition coefficient (Wildman–Crippen LogP) is 4.01. The van der Waals surface area contributed by atoms with Crippen LogP contribution in [-0.4, -0.2) is 33.7 Å². The molecule has 0 atom stereocenters. The van der Waals surface area contributed by atoms with E-state index in [4.69, 9.17) is 4.74 Å². The van der Waals surface area contributed by atoms with Crippen molar-refractivity contribution in [3.05, 3.63) is 60.7 Å². The third kappa shape index (κ3) is 4.43. The number of alkyl halides is 3. The number of ether oxygens (including phenoxy) is 2. The second-order valence-corrected chi connectivity index (χ2v) is 5.34. The summed E-state index contributed by atoms with van der Waals surface area (Å²) >= 11 is 0. The standard InChI is InChI=1S/C18H14F3N3O3/c1-2-26-17(25)16-22-11-23-24(16)14-5-3-4-13(10-14)12-6-8-15(9-7-12)27-18(19,20)21/h3-11H,2H2,1H3. The molecular weight excluding hydrogens is 363 g/mol. The fourth-order valence-electron chi connectivity index (χ4n) is 2.43. The predicted molar refractivity (Wildman–Crippen MR) is 89.4 cm³/mol. The molecule has 0 fully saturated rings. The number of esters is 1. The molecule has 0 saturated heterocycles. The largest absolute Gasteiger partial charge is 0.573 e. The lowest BCUT2D eigenvalue weighted by atomic mass is 10.1. The van der Waals surface area contributed by atoms with E-state index in [1.54, 1.807) is 31.2 Å². The molecule has 0 spiro atoms. The zero-order valence-corrected chi connectivity index (χ0v) is 14.1. The summed E-state index contributed by atoms with van der Waals surface area (Å²) in [5.74, 6) is -0.875. The van der Waals surface area contributed by atoms with Crippen molar-refractivity contribution in [1.29, 1.82) is 0 Å². The lowest BCUT2D eigenvalue weighted by molar-refractivity contribution is -0.274. The highest BCUT2D eigenvalue weighted by molar-refractivity contribution is 5.86. The van der Waals surface area contributed by atoms with Crippen molar-refractivity contribution in [2.24, 2.45) is 0 Å². The van der Waals surface area contributed by atoms with Gasteiger partial charge in [-0.1, -0.05) is 24.3 Å². The molecule has 2 aromatic carbocycles. The molecule has 3 aromatic rings. The van der Waals surface area contributed by atoms with Gasteiger partial charge >= 0.3 is 12.3 Å². The highest BCUT2D eigenvalue weighted by atomic mass is 19.4. The second-order valence-electron chi connectivity index (χ2n) is 5.34. The summed E-state index contributed by atoms with van der Waals surface area (Å²) in [6, 6.07) is 12.5. The summed E-state index contributed by atoms with van der Waals surface area (Å²) in [5.41, 5.74) is 1.95. The van der Waals surface area contributed by atoms with Crippen molar-refractivity contribution in [1.82, 2.24) is 14.8 Å². The molecule has 0 aliphatic rings. The molecule has 0 aliphatic carbocycles. The summed E-state index contributed by atoms with van der Waals surface area (Å²) in [6.07, 6.45) is -3.50. The van der Waals surface area contributed by atoms with Crippen molar-refractivity contribution in [3.63, 3.8) is 0 Å². The van der Waals surface area contributed by atoms with E-state index in [0.29, 0.717) is 11.3 Å². The first-order valence-electron chi connectivity index (χ1n) is 7.91. The Kier molecular flexibility index (Phi) is 5.11. The lowest BCUT2D eigenvalue weighted by Crippen LogP contribution is -2.16. The quantitative estimate of drug-likeness (QED) is 0.629. The molecule has 0 aliphatic heterocycles. The maximum Gasteiger partial charge on any atom is 0.573 e. The van der Waals surface area contributed by atoms with Gasteiger partial charge in [-0.3, -0.25) is 0 Å². The molecule has 0 unspecified atom stereocenters. The second kappa shape index (κ2) is 7.48. The molecule has 1 aromatic heterocycles. The van der Waals surface area contributed by atoms with Crippen LogP contribution in [0.5, 0.6) is 5.75 Å². The molecule has 0 radical (unpaired) electrons. The van der Waals surface area contributed by atoms with E-state index in [9.17, 15) is 18.0 Å². The van der Waals surface area contributed by atoms with Gasteiger partial charge < -0.3 is 9.47 Å². The molecule has 0 bridgehead atoms. The van der Waals surface area contributed by atoms with Crippen molar-refractivity contribution in [2.75, 3.05) is 6.61 Å². The number of carbonyl (C=O) groups is 1. The molecule has 3 rings (SSSR count). The third-order valence-electron chi connectivity index (χ3n) is 3.52. The molecule has 0 saturated carbocycles. The molecule has 0 N–H and O–H groups in total. The van der Waals surface area contributed by atoms with Crippen molar-refractivity contribution >= 4 is 5.97 Å². The fourth-order valence-corrected chi connectivity index (χ4v) is 2.43. The Labute approximate surface area is 152 Å². The summed E-state index contributed by atoms with van der Waals surface area (Å²) in [6.45, 7) is 1.89.